The minimum absolute atomic E-state index is 0.428. The number of halogens is 1. The number of carbonyl (C=O) groups excluding carboxylic acids is 1. The molecule has 2 aromatic rings. The predicted octanol–water partition coefficient (Wildman–Crippen LogP) is 1.18. The first-order chi connectivity index (χ1) is 7.58. The van der Waals surface area contributed by atoms with E-state index in [9.17, 15) is 4.79 Å². The maximum atomic E-state index is 10.9. The Kier molecular flexibility index (Phi) is 2.85. The Morgan fingerprint density at radius 3 is 2.94 bits per heavy atom. The van der Waals surface area contributed by atoms with E-state index in [0.29, 0.717) is 11.4 Å². The van der Waals surface area contributed by atoms with Crippen molar-refractivity contribution < 1.29 is 4.79 Å². The predicted molar refractivity (Wildman–Crippen MR) is 64.2 cm³/mol. The number of carbonyl (C=O) groups is 1. The van der Waals surface area contributed by atoms with E-state index in [1.165, 1.54) is 0 Å². The van der Waals surface area contributed by atoms with E-state index in [1.807, 2.05) is 18.3 Å². The van der Waals surface area contributed by atoms with Gasteiger partial charge in [-0.15, -0.1) is 0 Å². The van der Waals surface area contributed by atoms with E-state index < -0.39 is 11.9 Å². The molecule has 0 saturated heterocycles. The largest absolute Gasteiger partial charge is 0.368 e. The molecule has 1 atom stereocenters. The molecule has 1 aromatic heterocycles. The SMILES string of the molecule is NC(=O)[C@@H](N)Cc1c[nH]c2cc(Cl)ccc12. The second-order valence-corrected chi connectivity index (χ2v) is 4.15. The van der Waals surface area contributed by atoms with E-state index >= 15 is 0 Å². The van der Waals surface area contributed by atoms with E-state index in [1.54, 1.807) is 6.07 Å². The highest BCUT2D eigenvalue weighted by molar-refractivity contribution is 6.31. The van der Waals surface area contributed by atoms with Gasteiger partial charge in [-0.25, -0.2) is 0 Å². The third-order valence-electron chi connectivity index (χ3n) is 2.53. The molecule has 0 aliphatic heterocycles. The second-order valence-electron chi connectivity index (χ2n) is 3.72. The Morgan fingerprint density at radius 1 is 1.50 bits per heavy atom. The molecule has 84 valence electrons. The van der Waals surface area contributed by atoms with Crippen LogP contribution in [-0.2, 0) is 11.2 Å². The third kappa shape index (κ3) is 2.03. The standard InChI is InChI=1S/C11H12ClN3O/c12-7-1-2-8-6(3-9(13)11(14)16)5-15-10(8)4-7/h1-2,4-5,9,15H,3,13H2,(H2,14,16)/t9-/m0/s1. The Morgan fingerprint density at radius 2 is 2.25 bits per heavy atom. The highest BCUT2D eigenvalue weighted by Gasteiger charge is 2.13. The molecule has 1 amide bonds. The quantitative estimate of drug-likeness (QED) is 0.749. The fourth-order valence-electron chi connectivity index (χ4n) is 1.66. The van der Waals surface area contributed by atoms with Crippen molar-refractivity contribution in [3.8, 4) is 0 Å². The average Bonchev–Trinajstić information content (AvgIpc) is 2.60. The van der Waals surface area contributed by atoms with E-state index in [4.69, 9.17) is 23.1 Å². The van der Waals surface area contributed by atoms with Crippen molar-refractivity contribution in [2.45, 2.75) is 12.5 Å². The van der Waals surface area contributed by atoms with Crippen LogP contribution in [0.1, 0.15) is 5.56 Å². The van der Waals surface area contributed by atoms with Crippen molar-refractivity contribution in [2.75, 3.05) is 0 Å². The van der Waals surface area contributed by atoms with Gasteiger partial charge in [-0.05, 0) is 24.1 Å². The summed E-state index contributed by atoms with van der Waals surface area (Å²) in [5, 5.41) is 1.68. The number of nitrogens with one attached hydrogen (secondary N) is 1. The molecular weight excluding hydrogens is 226 g/mol. The van der Waals surface area contributed by atoms with Crippen molar-refractivity contribution in [3.05, 3.63) is 35.0 Å². The molecule has 0 bridgehead atoms. The smallest absolute Gasteiger partial charge is 0.234 e. The lowest BCUT2D eigenvalue weighted by Crippen LogP contribution is -2.38. The molecule has 4 nitrogen and oxygen atoms in total. The number of rotatable bonds is 3. The molecule has 1 aromatic carbocycles. The van der Waals surface area contributed by atoms with Gasteiger partial charge in [0.1, 0.15) is 0 Å². The van der Waals surface area contributed by atoms with E-state index in [-0.39, 0.29) is 0 Å². The number of amides is 1. The zero-order valence-corrected chi connectivity index (χ0v) is 9.29. The number of fused-ring (bicyclic) bond motifs is 1. The van der Waals surface area contributed by atoms with Gasteiger partial charge in [-0.3, -0.25) is 4.79 Å². The van der Waals surface area contributed by atoms with Crippen LogP contribution in [0.5, 0.6) is 0 Å². The summed E-state index contributed by atoms with van der Waals surface area (Å²) in [6.07, 6.45) is 2.25. The maximum absolute atomic E-state index is 10.9. The van der Waals surface area contributed by atoms with Crippen LogP contribution in [0.15, 0.2) is 24.4 Å². The van der Waals surface area contributed by atoms with Crippen LogP contribution >= 0.6 is 11.6 Å². The first-order valence-electron chi connectivity index (χ1n) is 4.88. The van der Waals surface area contributed by atoms with Gasteiger partial charge < -0.3 is 16.5 Å². The van der Waals surface area contributed by atoms with Crippen LogP contribution < -0.4 is 11.5 Å². The number of aromatic nitrogens is 1. The van der Waals surface area contributed by atoms with Gasteiger partial charge in [-0.2, -0.15) is 0 Å². The third-order valence-corrected chi connectivity index (χ3v) is 2.77. The molecule has 16 heavy (non-hydrogen) atoms. The van der Waals surface area contributed by atoms with E-state index in [0.717, 1.165) is 16.5 Å². The summed E-state index contributed by atoms with van der Waals surface area (Å²) in [6.45, 7) is 0. The van der Waals surface area contributed by atoms with Gasteiger partial charge in [0.15, 0.2) is 0 Å². The van der Waals surface area contributed by atoms with Crippen LogP contribution in [0.4, 0.5) is 0 Å². The topological polar surface area (TPSA) is 84.9 Å². The number of hydrogen-bond acceptors (Lipinski definition) is 2. The van der Waals surface area contributed by atoms with Crippen molar-refractivity contribution in [3.63, 3.8) is 0 Å². The zero-order valence-electron chi connectivity index (χ0n) is 8.53. The second kappa shape index (κ2) is 4.15. The number of benzene rings is 1. The minimum Gasteiger partial charge on any atom is -0.368 e. The molecule has 0 saturated carbocycles. The van der Waals surface area contributed by atoms with Gasteiger partial charge in [0, 0.05) is 22.1 Å². The first-order valence-corrected chi connectivity index (χ1v) is 5.26. The molecule has 0 unspecified atom stereocenters. The summed E-state index contributed by atoms with van der Waals surface area (Å²) >= 11 is 5.87. The summed E-state index contributed by atoms with van der Waals surface area (Å²) in [4.78, 5) is 14.0. The highest BCUT2D eigenvalue weighted by atomic mass is 35.5. The first kappa shape index (κ1) is 11.0. The lowest BCUT2D eigenvalue weighted by Gasteiger charge is -2.05. The fourth-order valence-corrected chi connectivity index (χ4v) is 1.84. The van der Waals surface area contributed by atoms with Crippen LogP contribution in [-0.4, -0.2) is 16.9 Å². The maximum Gasteiger partial charge on any atom is 0.234 e. The van der Waals surface area contributed by atoms with Crippen LogP contribution in [0.3, 0.4) is 0 Å². The normalized spacial score (nSPS) is 12.9. The van der Waals surface area contributed by atoms with Crippen molar-refractivity contribution in [1.82, 2.24) is 4.98 Å². The minimum atomic E-state index is -0.658. The van der Waals surface area contributed by atoms with Gasteiger partial charge in [0.25, 0.3) is 0 Å². The summed E-state index contributed by atoms with van der Waals surface area (Å²) in [6, 6.07) is 4.87. The molecule has 2 rings (SSSR count). The molecule has 0 aliphatic carbocycles. The molecule has 0 radical (unpaired) electrons. The summed E-state index contributed by atoms with van der Waals surface area (Å²) < 4.78 is 0. The number of hydrogen-bond donors (Lipinski definition) is 3. The Balaban J connectivity index is 2.35. The summed E-state index contributed by atoms with van der Waals surface area (Å²) in [7, 11) is 0. The van der Waals surface area contributed by atoms with Crippen LogP contribution in [0.25, 0.3) is 10.9 Å². The van der Waals surface area contributed by atoms with Gasteiger partial charge in [0.05, 0.1) is 6.04 Å². The average molecular weight is 238 g/mol. The van der Waals surface area contributed by atoms with Crippen LogP contribution in [0, 0.1) is 0 Å². The van der Waals surface area contributed by atoms with Gasteiger partial charge in [-0.1, -0.05) is 17.7 Å². The Hall–Kier alpha value is -1.52. The molecular formula is C11H12ClN3O. The van der Waals surface area contributed by atoms with Crippen LogP contribution in [0.2, 0.25) is 5.02 Å². The van der Waals surface area contributed by atoms with E-state index in [2.05, 4.69) is 4.98 Å². The lowest BCUT2D eigenvalue weighted by atomic mass is 10.1. The number of aromatic amines is 1. The Bertz CT molecular complexity index is 535. The van der Waals surface area contributed by atoms with Gasteiger partial charge >= 0.3 is 0 Å². The summed E-state index contributed by atoms with van der Waals surface area (Å²) in [5.41, 5.74) is 12.6. The Labute approximate surface area is 97.6 Å². The zero-order chi connectivity index (χ0) is 11.7. The van der Waals surface area contributed by atoms with Crippen molar-refractivity contribution in [1.29, 1.82) is 0 Å². The lowest BCUT2D eigenvalue weighted by molar-refractivity contribution is -0.119. The highest BCUT2D eigenvalue weighted by Crippen LogP contribution is 2.22. The van der Waals surface area contributed by atoms with Crippen molar-refractivity contribution >= 4 is 28.4 Å². The molecule has 0 spiro atoms. The molecule has 5 N–H and O–H groups in total. The number of primary amides is 1. The summed E-state index contributed by atoms with van der Waals surface area (Å²) in [5.74, 6) is -0.497. The number of nitrogens with two attached hydrogens (primary N) is 2. The van der Waals surface area contributed by atoms with Gasteiger partial charge in [0.2, 0.25) is 5.91 Å². The molecule has 5 heteroatoms. The monoisotopic (exact) mass is 237 g/mol. The molecule has 1 heterocycles. The molecule has 0 aliphatic rings. The number of H-pyrrole nitrogens is 1. The molecule has 0 fully saturated rings. The fraction of sp³-hybridized carbons (Fsp3) is 0.182. The van der Waals surface area contributed by atoms with Crippen molar-refractivity contribution in [2.24, 2.45) is 11.5 Å².